The van der Waals surface area contributed by atoms with Crippen molar-refractivity contribution in [2.45, 2.75) is 6.10 Å². The van der Waals surface area contributed by atoms with E-state index in [-0.39, 0.29) is 13.2 Å². The molecule has 72 valence electrons. The summed E-state index contributed by atoms with van der Waals surface area (Å²) in [4.78, 5) is 17.5. The molecule has 5 nitrogen and oxygen atoms in total. The van der Waals surface area contributed by atoms with E-state index in [1.807, 2.05) is 0 Å². The molecule has 0 aromatic rings. The molecule has 4 N–H and O–H groups in total. The molecule has 6 heteroatoms. The summed E-state index contributed by atoms with van der Waals surface area (Å²) in [6, 6.07) is 0. The summed E-state index contributed by atoms with van der Waals surface area (Å²) in [5.41, 5.74) is 0. The van der Waals surface area contributed by atoms with Crippen LogP contribution in [0.25, 0.3) is 0 Å². The van der Waals surface area contributed by atoms with E-state index in [0.29, 0.717) is 0 Å². The largest absolute Gasteiger partial charge is 0.403 e. The van der Waals surface area contributed by atoms with Gasteiger partial charge in [0.1, 0.15) is 19.4 Å². The Labute approximate surface area is 71.5 Å². The fourth-order valence-corrected chi connectivity index (χ4v) is 0.926. The molecule has 0 aromatic carbocycles. The van der Waals surface area contributed by atoms with E-state index in [1.54, 1.807) is 0 Å². The number of hydrogen-bond donors (Lipinski definition) is 4. The summed E-state index contributed by atoms with van der Waals surface area (Å²) in [5.74, 6) is 0. The first-order valence-corrected chi connectivity index (χ1v) is 5.44. The van der Waals surface area contributed by atoms with Crippen LogP contribution in [0, 0.1) is 0 Å². The lowest BCUT2D eigenvalue weighted by atomic mass is 10.3. The highest BCUT2D eigenvalue weighted by Gasteiger charge is 2.27. The van der Waals surface area contributed by atoms with Gasteiger partial charge in [0.15, 0.2) is 0 Å². The molecule has 0 heterocycles. The van der Waals surface area contributed by atoms with Crippen LogP contribution in [-0.2, 0) is 4.52 Å². The summed E-state index contributed by atoms with van der Waals surface area (Å²) in [6.07, 6.45) is 1.74. The topological polar surface area (TPSA) is 90.2 Å². The van der Waals surface area contributed by atoms with E-state index in [4.69, 9.17) is 20.0 Å². The van der Waals surface area contributed by atoms with Crippen LogP contribution in [0.4, 0.5) is 0 Å². The van der Waals surface area contributed by atoms with Gasteiger partial charge < -0.3 is 10.2 Å². The Bertz CT molecular complexity index is 141. The molecule has 0 spiro atoms. The Kier molecular flexibility index (Phi) is 5.57. The average molecular weight is 197 g/mol. The van der Waals surface area contributed by atoms with Gasteiger partial charge in [0, 0.05) is 0 Å². The smallest absolute Gasteiger partial charge is 0.392 e. The third-order valence-corrected chi connectivity index (χ3v) is 1.59. The van der Waals surface area contributed by atoms with Gasteiger partial charge in [0.25, 0.3) is 0 Å². The second-order valence-corrected chi connectivity index (χ2v) is 4.24. The molecule has 12 heavy (non-hydrogen) atoms. The second-order valence-electron chi connectivity index (χ2n) is 2.31. The summed E-state index contributed by atoms with van der Waals surface area (Å²) in [5, 5.41) is 17.3. The zero-order valence-electron chi connectivity index (χ0n) is 6.79. The van der Waals surface area contributed by atoms with Gasteiger partial charge in [0.2, 0.25) is 0 Å². The molecule has 0 bridgehead atoms. The van der Waals surface area contributed by atoms with Gasteiger partial charge in [-0.25, -0.2) is 0 Å². The molecular formula is C6H14O5P+. The fraction of sp³-hybridized carbons (Fsp3) is 0.667. The Hall–Kier alpha value is -0.0300. The fourth-order valence-electron chi connectivity index (χ4n) is 0.491. The van der Waals surface area contributed by atoms with Crippen LogP contribution in [0.15, 0.2) is 12.2 Å². The normalized spacial score (nSPS) is 15.4. The van der Waals surface area contributed by atoms with Crippen LogP contribution in [0.5, 0.6) is 0 Å². The van der Waals surface area contributed by atoms with Crippen molar-refractivity contribution in [3.05, 3.63) is 12.2 Å². The predicted molar refractivity (Wildman–Crippen MR) is 45.5 cm³/mol. The lowest BCUT2D eigenvalue weighted by Crippen LogP contribution is -2.12. The molecule has 0 aliphatic heterocycles. The monoisotopic (exact) mass is 197 g/mol. The minimum atomic E-state index is -3.26. The van der Waals surface area contributed by atoms with Gasteiger partial charge in [-0.1, -0.05) is 12.2 Å². The van der Waals surface area contributed by atoms with E-state index in [0.717, 1.165) is 6.66 Å². The maximum atomic E-state index is 9.02. The maximum absolute atomic E-state index is 9.02. The van der Waals surface area contributed by atoms with Crippen LogP contribution >= 0.6 is 7.94 Å². The van der Waals surface area contributed by atoms with Crippen LogP contribution in [0.3, 0.4) is 0 Å². The molecule has 0 aromatic heterocycles. The Morgan fingerprint density at radius 2 is 2.08 bits per heavy atom. The van der Waals surface area contributed by atoms with Crippen molar-refractivity contribution in [1.82, 2.24) is 0 Å². The number of hydrogen-bond acceptors (Lipinski definition) is 5. The Morgan fingerprint density at radius 1 is 1.50 bits per heavy atom. The van der Waals surface area contributed by atoms with Gasteiger partial charge >= 0.3 is 7.94 Å². The average Bonchev–Trinajstić information content (AvgIpc) is 1.95. The molecule has 0 rings (SSSR count). The molecule has 0 aliphatic rings. The lowest BCUT2D eigenvalue weighted by molar-refractivity contribution is 0.125. The van der Waals surface area contributed by atoms with Crippen LogP contribution < -0.4 is 0 Å². The van der Waals surface area contributed by atoms with Crippen molar-refractivity contribution in [2.24, 2.45) is 0 Å². The minimum Gasteiger partial charge on any atom is -0.392 e. The highest BCUT2D eigenvalue weighted by molar-refractivity contribution is 7.58. The first-order valence-electron chi connectivity index (χ1n) is 3.38. The zero-order valence-corrected chi connectivity index (χ0v) is 7.69. The van der Waals surface area contributed by atoms with E-state index in [1.165, 1.54) is 12.2 Å². The van der Waals surface area contributed by atoms with Gasteiger partial charge in [0.05, 0.1) is 6.61 Å². The summed E-state index contributed by atoms with van der Waals surface area (Å²) >= 11 is 0. The van der Waals surface area contributed by atoms with Crippen molar-refractivity contribution >= 4 is 7.94 Å². The maximum Gasteiger partial charge on any atom is 0.403 e. The van der Waals surface area contributed by atoms with Crippen molar-refractivity contribution in [1.29, 1.82) is 0 Å². The standard InChI is InChI=1S/C6H14O5P/c1-12(9,10)11-5-6(8)3-2-4-7/h2-3,6-10H,4-5H2,1H3/q+1/b3-2-. The molecule has 0 saturated carbocycles. The van der Waals surface area contributed by atoms with Crippen molar-refractivity contribution in [3.63, 3.8) is 0 Å². The molecule has 0 saturated heterocycles. The Balaban J connectivity index is 3.57. The summed E-state index contributed by atoms with van der Waals surface area (Å²) in [7, 11) is -3.26. The first-order chi connectivity index (χ1) is 5.45. The Morgan fingerprint density at radius 3 is 2.50 bits per heavy atom. The molecule has 0 aliphatic carbocycles. The second kappa shape index (κ2) is 5.59. The molecule has 1 unspecified atom stereocenters. The molecular weight excluding hydrogens is 183 g/mol. The number of rotatable bonds is 5. The van der Waals surface area contributed by atoms with E-state index < -0.39 is 14.0 Å². The molecule has 0 fully saturated rings. The first kappa shape index (κ1) is 12.0. The highest BCUT2D eigenvalue weighted by Crippen LogP contribution is 2.46. The quantitative estimate of drug-likeness (QED) is 0.345. The van der Waals surface area contributed by atoms with E-state index in [2.05, 4.69) is 4.52 Å². The summed E-state index contributed by atoms with van der Waals surface area (Å²) < 4.78 is 4.53. The SMILES string of the molecule is C[P+](O)(O)OCC(O)/C=C\CO. The van der Waals surface area contributed by atoms with Gasteiger partial charge in [-0.3, -0.25) is 0 Å². The third-order valence-electron chi connectivity index (χ3n) is 0.954. The van der Waals surface area contributed by atoms with Gasteiger partial charge in [-0.15, -0.1) is 0 Å². The van der Waals surface area contributed by atoms with Crippen molar-refractivity contribution < 1.29 is 24.5 Å². The van der Waals surface area contributed by atoms with E-state index >= 15 is 0 Å². The summed E-state index contributed by atoms with van der Waals surface area (Å²) in [6.45, 7) is 0.797. The number of aliphatic hydroxyl groups is 2. The van der Waals surface area contributed by atoms with Crippen molar-refractivity contribution in [2.75, 3.05) is 19.9 Å². The van der Waals surface area contributed by atoms with Crippen molar-refractivity contribution in [3.8, 4) is 0 Å². The zero-order chi connectivity index (χ0) is 9.61. The minimum absolute atomic E-state index is 0.165. The molecule has 0 radical (unpaired) electrons. The number of aliphatic hydroxyl groups excluding tert-OH is 2. The molecule has 0 amide bonds. The van der Waals surface area contributed by atoms with Crippen LogP contribution in [0.1, 0.15) is 0 Å². The van der Waals surface area contributed by atoms with E-state index in [9.17, 15) is 0 Å². The lowest BCUT2D eigenvalue weighted by Gasteiger charge is -2.07. The van der Waals surface area contributed by atoms with Crippen LogP contribution in [-0.4, -0.2) is 46.0 Å². The van der Waals surface area contributed by atoms with Gasteiger partial charge in [-0.05, 0) is 0 Å². The highest BCUT2D eigenvalue weighted by atomic mass is 31.2. The van der Waals surface area contributed by atoms with Gasteiger partial charge in [-0.2, -0.15) is 14.3 Å². The predicted octanol–water partition coefficient (Wildman–Crippen LogP) is -0.711. The molecule has 1 atom stereocenters. The van der Waals surface area contributed by atoms with Crippen LogP contribution in [0.2, 0.25) is 0 Å². The third kappa shape index (κ3) is 8.07.